The van der Waals surface area contributed by atoms with Gasteiger partial charge in [-0.3, -0.25) is 0 Å². The topological polar surface area (TPSA) is 3.24 Å². The largest absolute Gasteiger partial charge is 0.318 e. The maximum absolute atomic E-state index is 5.97. The second-order valence-corrected chi connectivity index (χ2v) is 7.03. The van der Waals surface area contributed by atoms with Crippen molar-refractivity contribution in [2.24, 2.45) is 0 Å². The lowest BCUT2D eigenvalue weighted by molar-refractivity contribution is 0.582. The zero-order chi connectivity index (χ0) is 10.7. The minimum Gasteiger partial charge on any atom is -0.318 e. The molecule has 82 valence electrons. The summed E-state index contributed by atoms with van der Waals surface area (Å²) in [5, 5.41) is 1.09. The first-order valence-corrected chi connectivity index (χ1v) is 7.86. The van der Waals surface area contributed by atoms with Crippen LogP contribution in [0.25, 0.3) is 6.08 Å². The van der Waals surface area contributed by atoms with E-state index in [-0.39, 0.29) is 0 Å². The summed E-state index contributed by atoms with van der Waals surface area (Å²) in [6.07, 6.45) is 6.73. The predicted octanol–water partition coefficient (Wildman–Crippen LogP) is 4.87. The molecule has 1 nitrogen and oxygen atoms in total. The molecule has 0 unspecified atom stereocenters. The number of alkyl halides is 1. The van der Waals surface area contributed by atoms with Crippen LogP contribution in [0.2, 0.25) is 4.34 Å². The molecule has 0 aromatic carbocycles. The molecule has 0 atom stereocenters. The van der Waals surface area contributed by atoms with Crippen LogP contribution in [0, 0.1) is 0 Å². The molecule has 2 rings (SSSR count). The van der Waals surface area contributed by atoms with Crippen molar-refractivity contribution in [1.82, 2.24) is 4.31 Å². The first kappa shape index (κ1) is 11.8. The van der Waals surface area contributed by atoms with Crippen LogP contribution >= 0.6 is 50.8 Å². The van der Waals surface area contributed by atoms with Gasteiger partial charge in [0.2, 0.25) is 0 Å². The van der Waals surface area contributed by atoms with Gasteiger partial charge in [-0.15, -0.1) is 11.3 Å². The van der Waals surface area contributed by atoms with Gasteiger partial charge < -0.3 is 4.31 Å². The fourth-order valence-electron chi connectivity index (χ4n) is 1.33. The number of nitrogens with zero attached hydrogens (tertiary/aromatic N) is 1. The summed E-state index contributed by atoms with van der Waals surface area (Å²) in [5.41, 5.74) is 1.26. The Morgan fingerprint density at radius 3 is 3.07 bits per heavy atom. The van der Waals surface area contributed by atoms with Gasteiger partial charge in [0.05, 0.1) is 8.55 Å². The third-order valence-electron chi connectivity index (χ3n) is 2.08. The van der Waals surface area contributed by atoms with Gasteiger partial charge in [0, 0.05) is 23.6 Å². The third-order valence-corrected chi connectivity index (χ3v) is 5.13. The highest BCUT2D eigenvalue weighted by Gasteiger charge is 2.14. The summed E-state index contributed by atoms with van der Waals surface area (Å²) in [6.45, 7) is 1.10. The molecule has 0 bridgehead atoms. The Morgan fingerprint density at radius 2 is 2.27 bits per heavy atom. The van der Waals surface area contributed by atoms with Crippen molar-refractivity contribution in [2.45, 2.75) is 17.1 Å². The molecule has 1 aliphatic rings. The van der Waals surface area contributed by atoms with Crippen LogP contribution in [-0.4, -0.2) is 16.2 Å². The van der Waals surface area contributed by atoms with E-state index in [1.54, 1.807) is 23.3 Å². The van der Waals surface area contributed by atoms with Gasteiger partial charge in [0.15, 0.2) is 0 Å². The first-order valence-electron chi connectivity index (χ1n) is 4.77. The molecule has 0 amide bonds. The normalized spacial score (nSPS) is 14.4. The van der Waals surface area contributed by atoms with Crippen molar-refractivity contribution in [3.05, 3.63) is 22.2 Å². The minimum absolute atomic E-state index is 0.874. The van der Waals surface area contributed by atoms with E-state index in [0.29, 0.717) is 0 Å². The van der Waals surface area contributed by atoms with Crippen LogP contribution in [0.3, 0.4) is 0 Å². The second kappa shape index (κ2) is 5.62. The van der Waals surface area contributed by atoms with Gasteiger partial charge in [0.1, 0.15) is 0 Å². The number of hydrogen-bond acceptors (Lipinski definition) is 3. The molecule has 5 heteroatoms. The molecule has 2 heterocycles. The van der Waals surface area contributed by atoms with E-state index in [1.165, 1.54) is 22.6 Å². The lowest BCUT2D eigenvalue weighted by Gasteiger charge is -2.21. The van der Waals surface area contributed by atoms with Crippen LogP contribution in [-0.2, 0) is 0 Å². The summed E-state index contributed by atoms with van der Waals surface area (Å²) in [4.78, 5) is 0. The molecule has 1 aromatic rings. The maximum Gasteiger partial charge on any atom is 0.0947 e. The Labute approximate surface area is 112 Å². The second-order valence-electron chi connectivity index (χ2n) is 3.24. The maximum atomic E-state index is 5.97. The van der Waals surface area contributed by atoms with Crippen molar-refractivity contribution in [2.75, 3.05) is 11.9 Å². The molecule has 0 saturated heterocycles. The van der Waals surface area contributed by atoms with Crippen molar-refractivity contribution >= 4 is 56.9 Å². The van der Waals surface area contributed by atoms with Gasteiger partial charge in [0.25, 0.3) is 0 Å². The van der Waals surface area contributed by atoms with Gasteiger partial charge in [-0.2, -0.15) is 0 Å². The molecule has 0 fully saturated rings. The third kappa shape index (κ3) is 3.16. The van der Waals surface area contributed by atoms with Crippen LogP contribution in [0.15, 0.2) is 16.5 Å². The Hall–Kier alpha value is 0.360. The summed E-state index contributed by atoms with van der Waals surface area (Å²) in [7, 11) is 0. The zero-order valence-corrected chi connectivity index (χ0v) is 12.1. The van der Waals surface area contributed by atoms with Gasteiger partial charge in [-0.25, -0.2) is 0 Å². The molecular weight excluding hydrogens is 314 g/mol. The smallest absolute Gasteiger partial charge is 0.0947 e. The van der Waals surface area contributed by atoms with Gasteiger partial charge in [-0.05, 0) is 36.9 Å². The number of halogens is 2. The Balaban J connectivity index is 1.93. The predicted molar refractivity (Wildman–Crippen MR) is 74.0 cm³/mol. The van der Waals surface area contributed by atoms with E-state index in [0.717, 1.165) is 16.2 Å². The fourth-order valence-corrected chi connectivity index (χ4v) is 4.31. The molecule has 0 aliphatic carbocycles. The molecule has 1 aromatic heterocycles. The summed E-state index contributed by atoms with van der Waals surface area (Å²) >= 11 is 12.9. The highest BCUT2D eigenvalue weighted by atomic mass is 79.9. The lowest BCUT2D eigenvalue weighted by atomic mass is 10.3. The monoisotopic (exact) mass is 323 g/mol. The highest BCUT2D eigenvalue weighted by Crippen LogP contribution is 2.40. The number of hydrogen-bond donors (Lipinski definition) is 0. The first-order chi connectivity index (χ1) is 7.29. The average molecular weight is 325 g/mol. The lowest BCUT2D eigenvalue weighted by Crippen LogP contribution is -2.11. The van der Waals surface area contributed by atoms with Gasteiger partial charge >= 0.3 is 0 Å². The molecule has 0 saturated carbocycles. The van der Waals surface area contributed by atoms with Crippen LogP contribution in [0.5, 0.6) is 0 Å². The van der Waals surface area contributed by atoms with Crippen molar-refractivity contribution in [1.29, 1.82) is 0 Å². The molecule has 0 spiro atoms. The number of fused-ring (bicyclic) bond motifs is 1. The van der Waals surface area contributed by atoms with Crippen molar-refractivity contribution in [3.8, 4) is 0 Å². The Bertz CT molecular complexity index is 364. The molecular formula is C10H11BrClNS2. The van der Waals surface area contributed by atoms with Crippen LogP contribution in [0.4, 0.5) is 0 Å². The minimum atomic E-state index is 0.874. The quantitative estimate of drug-likeness (QED) is 0.441. The fraction of sp³-hybridized carbons (Fsp3) is 0.400. The van der Waals surface area contributed by atoms with E-state index in [9.17, 15) is 0 Å². The highest BCUT2D eigenvalue weighted by molar-refractivity contribution is 9.09. The Morgan fingerprint density at radius 1 is 1.40 bits per heavy atom. The molecule has 1 aliphatic heterocycles. The SMILES string of the molecule is Clc1cc2c(s1)SN(CCCCBr)C=C2. The van der Waals surface area contributed by atoms with E-state index in [4.69, 9.17) is 11.6 Å². The summed E-state index contributed by atoms with van der Waals surface area (Å²) < 4.78 is 4.46. The van der Waals surface area contributed by atoms with E-state index < -0.39 is 0 Å². The molecule has 0 radical (unpaired) electrons. The summed E-state index contributed by atoms with van der Waals surface area (Å²) in [5.74, 6) is 0. The van der Waals surface area contributed by atoms with Crippen molar-refractivity contribution in [3.63, 3.8) is 0 Å². The van der Waals surface area contributed by atoms with Crippen LogP contribution < -0.4 is 0 Å². The summed E-state index contributed by atoms with van der Waals surface area (Å²) in [6, 6.07) is 2.03. The Kier molecular flexibility index (Phi) is 4.43. The van der Waals surface area contributed by atoms with E-state index in [1.807, 2.05) is 6.07 Å². The van der Waals surface area contributed by atoms with Crippen LogP contribution in [0.1, 0.15) is 18.4 Å². The average Bonchev–Trinajstić information content (AvgIpc) is 2.57. The number of thiophene rings is 1. The van der Waals surface area contributed by atoms with E-state index >= 15 is 0 Å². The molecule has 0 N–H and O–H groups in total. The zero-order valence-electron chi connectivity index (χ0n) is 8.08. The number of unbranched alkanes of at least 4 members (excludes halogenated alkanes) is 1. The van der Waals surface area contributed by atoms with E-state index in [2.05, 4.69) is 32.5 Å². The van der Waals surface area contributed by atoms with Gasteiger partial charge in [-0.1, -0.05) is 27.5 Å². The van der Waals surface area contributed by atoms with Crippen molar-refractivity contribution < 1.29 is 0 Å². The standard InChI is InChI=1S/C10H11BrClNS2/c11-4-1-2-5-13-6-3-8-7-9(12)14-10(8)15-13/h3,6-7H,1-2,4-5H2. The number of rotatable bonds is 4. The molecule has 15 heavy (non-hydrogen) atoms.